The second kappa shape index (κ2) is 2.70. The van der Waals surface area contributed by atoms with Crippen molar-refractivity contribution in [3.05, 3.63) is 29.6 Å². The van der Waals surface area contributed by atoms with Gasteiger partial charge in [-0.15, -0.1) is 0 Å². The standard InChI is InChI=1S/C10H11FN2O/c1-10(2)12-8-5-6(11)3-4-7(8)9(14)13-10/h3-5,12H,1-2H3,(H,13,14). The molecule has 2 rings (SSSR count). The lowest BCUT2D eigenvalue weighted by molar-refractivity contribution is 0.0914. The molecule has 0 aliphatic carbocycles. The highest BCUT2D eigenvalue weighted by molar-refractivity contribution is 6.02. The minimum absolute atomic E-state index is 0.177. The molecule has 3 nitrogen and oxygen atoms in total. The molecule has 1 aliphatic rings. The maximum absolute atomic E-state index is 12.9. The van der Waals surface area contributed by atoms with Crippen LogP contribution in [0.1, 0.15) is 24.2 Å². The van der Waals surface area contributed by atoms with E-state index in [4.69, 9.17) is 0 Å². The van der Waals surface area contributed by atoms with Gasteiger partial charge >= 0.3 is 0 Å². The molecular formula is C10H11FN2O. The quantitative estimate of drug-likeness (QED) is 0.660. The number of anilines is 1. The van der Waals surface area contributed by atoms with Gasteiger partial charge in [-0.05, 0) is 32.0 Å². The van der Waals surface area contributed by atoms with Crippen LogP contribution in [-0.4, -0.2) is 11.6 Å². The van der Waals surface area contributed by atoms with Crippen molar-refractivity contribution in [2.75, 3.05) is 5.32 Å². The first-order chi connectivity index (χ1) is 6.48. The van der Waals surface area contributed by atoms with Gasteiger partial charge in [0.15, 0.2) is 0 Å². The normalized spacial score (nSPS) is 18.1. The Hall–Kier alpha value is -1.58. The summed E-state index contributed by atoms with van der Waals surface area (Å²) in [5, 5.41) is 5.79. The van der Waals surface area contributed by atoms with Crippen LogP contribution in [0.2, 0.25) is 0 Å². The highest BCUT2D eigenvalue weighted by atomic mass is 19.1. The fourth-order valence-electron chi connectivity index (χ4n) is 1.54. The number of halogens is 1. The Balaban J connectivity index is 2.51. The third-order valence-electron chi connectivity index (χ3n) is 2.10. The van der Waals surface area contributed by atoms with E-state index >= 15 is 0 Å². The molecule has 1 aliphatic heterocycles. The van der Waals surface area contributed by atoms with E-state index in [0.29, 0.717) is 11.3 Å². The smallest absolute Gasteiger partial charge is 0.255 e. The summed E-state index contributed by atoms with van der Waals surface area (Å²) in [6, 6.07) is 4.08. The molecule has 14 heavy (non-hydrogen) atoms. The minimum Gasteiger partial charge on any atom is -0.362 e. The van der Waals surface area contributed by atoms with Crippen LogP contribution in [0, 0.1) is 5.82 Å². The second-order valence-corrected chi connectivity index (χ2v) is 3.89. The van der Waals surface area contributed by atoms with Gasteiger partial charge in [-0.1, -0.05) is 0 Å². The lowest BCUT2D eigenvalue weighted by Gasteiger charge is -2.34. The van der Waals surface area contributed by atoms with E-state index in [-0.39, 0.29) is 11.7 Å². The number of carbonyl (C=O) groups is 1. The molecule has 0 spiro atoms. The third kappa shape index (κ3) is 1.43. The Morgan fingerprint density at radius 2 is 2.00 bits per heavy atom. The Morgan fingerprint density at radius 1 is 1.29 bits per heavy atom. The number of fused-ring (bicyclic) bond motifs is 1. The zero-order valence-corrected chi connectivity index (χ0v) is 8.02. The summed E-state index contributed by atoms with van der Waals surface area (Å²) >= 11 is 0. The molecular weight excluding hydrogens is 183 g/mol. The van der Waals surface area contributed by atoms with Crippen molar-refractivity contribution in [2.45, 2.75) is 19.5 Å². The Labute approximate surface area is 81.3 Å². The van der Waals surface area contributed by atoms with Crippen molar-refractivity contribution < 1.29 is 9.18 Å². The van der Waals surface area contributed by atoms with Crippen LogP contribution in [0.25, 0.3) is 0 Å². The van der Waals surface area contributed by atoms with Crippen molar-refractivity contribution >= 4 is 11.6 Å². The number of benzene rings is 1. The first-order valence-corrected chi connectivity index (χ1v) is 4.38. The third-order valence-corrected chi connectivity index (χ3v) is 2.10. The molecule has 1 aromatic carbocycles. The van der Waals surface area contributed by atoms with Crippen molar-refractivity contribution in [2.24, 2.45) is 0 Å². The number of amides is 1. The van der Waals surface area contributed by atoms with E-state index in [1.54, 1.807) is 0 Å². The van der Waals surface area contributed by atoms with Crippen LogP contribution < -0.4 is 10.6 Å². The molecule has 0 saturated heterocycles. The zero-order valence-electron chi connectivity index (χ0n) is 8.02. The average Bonchev–Trinajstić information content (AvgIpc) is 2.00. The fraction of sp³-hybridized carbons (Fsp3) is 0.300. The summed E-state index contributed by atoms with van der Waals surface area (Å²) in [7, 11) is 0. The SMILES string of the molecule is CC1(C)NC(=O)c2ccc(F)cc2N1. The predicted molar refractivity (Wildman–Crippen MR) is 51.6 cm³/mol. The molecule has 0 radical (unpaired) electrons. The van der Waals surface area contributed by atoms with Crippen LogP contribution in [0.15, 0.2) is 18.2 Å². The van der Waals surface area contributed by atoms with Crippen LogP contribution in [0.3, 0.4) is 0 Å². The minimum atomic E-state index is -0.530. The van der Waals surface area contributed by atoms with Crippen molar-refractivity contribution in [1.82, 2.24) is 5.32 Å². The summed E-state index contributed by atoms with van der Waals surface area (Å²) in [4.78, 5) is 11.5. The van der Waals surface area contributed by atoms with Gasteiger partial charge in [0.05, 0.1) is 11.3 Å². The summed E-state index contributed by atoms with van der Waals surface area (Å²) in [6.45, 7) is 3.64. The maximum Gasteiger partial charge on any atom is 0.255 e. The van der Waals surface area contributed by atoms with Gasteiger partial charge < -0.3 is 10.6 Å². The van der Waals surface area contributed by atoms with E-state index in [9.17, 15) is 9.18 Å². The maximum atomic E-state index is 12.9. The number of carbonyl (C=O) groups excluding carboxylic acids is 1. The van der Waals surface area contributed by atoms with Gasteiger partial charge in [0.25, 0.3) is 5.91 Å². The molecule has 1 aromatic rings. The lowest BCUT2D eigenvalue weighted by atomic mass is 10.1. The Kier molecular flexibility index (Phi) is 1.74. The molecule has 74 valence electrons. The first kappa shape index (κ1) is 8.99. The molecule has 1 heterocycles. The van der Waals surface area contributed by atoms with Crippen molar-refractivity contribution in [3.8, 4) is 0 Å². The molecule has 0 bridgehead atoms. The average molecular weight is 194 g/mol. The van der Waals surface area contributed by atoms with Crippen LogP contribution >= 0.6 is 0 Å². The van der Waals surface area contributed by atoms with Gasteiger partial charge in [-0.3, -0.25) is 4.79 Å². The highest BCUT2D eigenvalue weighted by Crippen LogP contribution is 2.24. The van der Waals surface area contributed by atoms with E-state index in [1.165, 1.54) is 18.2 Å². The van der Waals surface area contributed by atoms with E-state index in [1.807, 2.05) is 13.8 Å². The van der Waals surface area contributed by atoms with Crippen LogP contribution in [-0.2, 0) is 0 Å². The monoisotopic (exact) mass is 194 g/mol. The van der Waals surface area contributed by atoms with Gasteiger partial charge in [0.2, 0.25) is 0 Å². The molecule has 4 heteroatoms. The van der Waals surface area contributed by atoms with Crippen molar-refractivity contribution in [3.63, 3.8) is 0 Å². The Bertz CT molecular complexity index is 401. The van der Waals surface area contributed by atoms with Crippen LogP contribution in [0.4, 0.5) is 10.1 Å². The second-order valence-electron chi connectivity index (χ2n) is 3.89. The molecule has 1 amide bonds. The molecule has 0 atom stereocenters. The first-order valence-electron chi connectivity index (χ1n) is 4.38. The zero-order chi connectivity index (χ0) is 10.3. The summed E-state index contributed by atoms with van der Waals surface area (Å²) in [5.41, 5.74) is 0.488. The molecule has 0 saturated carbocycles. The van der Waals surface area contributed by atoms with Gasteiger partial charge in [-0.25, -0.2) is 4.39 Å². The molecule has 2 N–H and O–H groups in total. The summed E-state index contributed by atoms with van der Waals surface area (Å²) < 4.78 is 12.9. The van der Waals surface area contributed by atoms with Gasteiger partial charge in [-0.2, -0.15) is 0 Å². The van der Waals surface area contributed by atoms with Crippen LogP contribution in [0.5, 0.6) is 0 Å². The van der Waals surface area contributed by atoms with Gasteiger partial charge in [0, 0.05) is 0 Å². The molecule has 0 fully saturated rings. The van der Waals surface area contributed by atoms with E-state index in [0.717, 1.165) is 0 Å². The summed E-state index contributed by atoms with van der Waals surface area (Å²) in [5.74, 6) is -0.523. The number of hydrogen-bond acceptors (Lipinski definition) is 2. The fourth-order valence-corrected chi connectivity index (χ4v) is 1.54. The number of hydrogen-bond donors (Lipinski definition) is 2. The largest absolute Gasteiger partial charge is 0.362 e. The Morgan fingerprint density at radius 3 is 2.71 bits per heavy atom. The van der Waals surface area contributed by atoms with E-state index < -0.39 is 5.66 Å². The van der Waals surface area contributed by atoms with Crippen molar-refractivity contribution in [1.29, 1.82) is 0 Å². The highest BCUT2D eigenvalue weighted by Gasteiger charge is 2.28. The van der Waals surface area contributed by atoms with E-state index in [2.05, 4.69) is 10.6 Å². The predicted octanol–water partition coefficient (Wildman–Crippen LogP) is 1.72. The topological polar surface area (TPSA) is 41.1 Å². The number of nitrogens with one attached hydrogen (secondary N) is 2. The summed E-state index contributed by atoms with van der Waals surface area (Å²) in [6.07, 6.45) is 0. The molecule has 0 unspecified atom stereocenters. The lowest BCUT2D eigenvalue weighted by Crippen LogP contribution is -2.53. The van der Waals surface area contributed by atoms with Gasteiger partial charge in [0.1, 0.15) is 11.5 Å². The number of rotatable bonds is 0. The molecule has 0 aromatic heterocycles.